The number of benzene rings is 2. The highest BCUT2D eigenvalue weighted by atomic mass is 35.5. The zero-order chi connectivity index (χ0) is 21.0. The lowest BCUT2D eigenvalue weighted by atomic mass is 10.1. The first-order valence-electron chi connectivity index (χ1n) is 8.74. The first-order chi connectivity index (χ1) is 13.7. The highest BCUT2D eigenvalue weighted by Gasteiger charge is 2.17. The summed E-state index contributed by atoms with van der Waals surface area (Å²) in [5.41, 5.74) is 1.04. The number of aromatic nitrogens is 2. The molecule has 2 aromatic carbocycles. The average Bonchev–Trinajstić information content (AvgIpc) is 3.16. The Bertz CT molecular complexity index is 1110. The minimum atomic E-state index is -3.75. The summed E-state index contributed by atoms with van der Waals surface area (Å²) in [5, 5.41) is 7.11. The molecular formula is C19H19ClN4O4S. The molecule has 0 aliphatic carbocycles. The number of halogens is 1. The molecule has 3 aromatic rings. The van der Waals surface area contributed by atoms with Crippen LogP contribution >= 0.6 is 11.6 Å². The van der Waals surface area contributed by atoms with Crippen LogP contribution in [0.25, 0.3) is 11.4 Å². The van der Waals surface area contributed by atoms with Crippen LogP contribution in [0.15, 0.2) is 57.9 Å². The zero-order valence-corrected chi connectivity index (χ0v) is 17.3. The predicted molar refractivity (Wildman–Crippen MR) is 108 cm³/mol. The number of hydrogen-bond donors (Lipinski definition) is 2. The SMILES string of the molecule is CC(C)NC(=O)c1cccc(-c2noc(CNS(=O)(=O)c3ccc(Cl)cc3)n2)c1. The van der Waals surface area contributed by atoms with E-state index in [9.17, 15) is 13.2 Å². The van der Waals surface area contributed by atoms with Crippen LogP contribution in [0.4, 0.5) is 0 Å². The number of carbonyl (C=O) groups excluding carboxylic acids is 1. The van der Waals surface area contributed by atoms with Crippen LogP contribution in [-0.4, -0.2) is 30.5 Å². The molecule has 8 nitrogen and oxygen atoms in total. The number of nitrogens with zero attached hydrogens (tertiary/aromatic N) is 2. The number of nitrogens with one attached hydrogen (secondary N) is 2. The first kappa shape index (κ1) is 21.0. The van der Waals surface area contributed by atoms with Crippen molar-refractivity contribution >= 4 is 27.5 Å². The molecule has 0 bridgehead atoms. The van der Waals surface area contributed by atoms with E-state index in [4.69, 9.17) is 16.1 Å². The van der Waals surface area contributed by atoms with Gasteiger partial charge in [0.05, 0.1) is 11.4 Å². The molecule has 0 spiro atoms. The second kappa shape index (κ2) is 8.73. The van der Waals surface area contributed by atoms with Crippen molar-refractivity contribution < 1.29 is 17.7 Å². The molecule has 0 saturated carbocycles. The fourth-order valence-electron chi connectivity index (χ4n) is 2.44. The third-order valence-corrected chi connectivity index (χ3v) is 5.48. The van der Waals surface area contributed by atoms with Crippen LogP contribution < -0.4 is 10.0 Å². The van der Waals surface area contributed by atoms with Crippen molar-refractivity contribution in [2.75, 3.05) is 0 Å². The number of amides is 1. The summed E-state index contributed by atoms with van der Waals surface area (Å²) in [6, 6.07) is 12.6. The van der Waals surface area contributed by atoms with E-state index in [1.165, 1.54) is 24.3 Å². The van der Waals surface area contributed by atoms with E-state index in [2.05, 4.69) is 20.2 Å². The number of sulfonamides is 1. The van der Waals surface area contributed by atoms with Gasteiger partial charge in [0.25, 0.3) is 5.91 Å². The molecule has 0 atom stereocenters. The number of hydrogen-bond acceptors (Lipinski definition) is 6. The Labute approximate surface area is 173 Å². The van der Waals surface area contributed by atoms with Crippen molar-refractivity contribution in [1.29, 1.82) is 0 Å². The summed E-state index contributed by atoms with van der Waals surface area (Å²) >= 11 is 5.78. The second-order valence-electron chi connectivity index (χ2n) is 6.50. The monoisotopic (exact) mass is 434 g/mol. The summed E-state index contributed by atoms with van der Waals surface area (Å²) in [6.07, 6.45) is 0. The van der Waals surface area contributed by atoms with Gasteiger partial charge in [-0.25, -0.2) is 13.1 Å². The van der Waals surface area contributed by atoms with Crippen LogP contribution in [0.5, 0.6) is 0 Å². The summed E-state index contributed by atoms with van der Waals surface area (Å²) in [6.45, 7) is 3.57. The fraction of sp³-hybridized carbons (Fsp3) is 0.211. The molecule has 1 amide bonds. The highest BCUT2D eigenvalue weighted by molar-refractivity contribution is 7.89. The largest absolute Gasteiger partial charge is 0.350 e. The van der Waals surface area contributed by atoms with Crippen molar-refractivity contribution in [3.05, 3.63) is 65.0 Å². The predicted octanol–water partition coefficient (Wildman–Crippen LogP) is 3.01. The molecule has 1 heterocycles. The molecule has 1 aromatic heterocycles. The third-order valence-electron chi connectivity index (χ3n) is 3.81. The maximum Gasteiger partial charge on any atom is 0.251 e. The van der Waals surface area contributed by atoms with Crippen LogP contribution in [0.2, 0.25) is 5.02 Å². The maximum absolute atomic E-state index is 12.3. The molecule has 0 radical (unpaired) electrons. The van der Waals surface area contributed by atoms with Gasteiger partial charge in [0.1, 0.15) is 0 Å². The summed E-state index contributed by atoms with van der Waals surface area (Å²) < 4.78 is 32.1. The first-order valence-corrected chi connectivity index (χ1v) is 10.6. The molecular weight excluding hydrogens is 416 g/mol. The van der Waals surface area contributed by atoms with Crippen molar-refractivity contribution in [2.24, 2.45) is 0 Å². The topological polar surface area (TPSA) is 114 Å². The average molecular weight is 435 g/mol. The Morgan fingerprint density at radius 1 is 1.17 bits per heavy atom. The van der Waals surface area contributed by atoms with Crippen molar-refractivity contribution in [1.82, 2.24) is 20.2 Å². The van der Waals surface area contributed by atoms with Gasteiger partial charge in [-0.05, 0) is 50.2 Å². The number of carbonyl (C=O) groups is 1. The maximum atomic E-state index is 12.3. The van der Waals surface area contributed by atoms with Crippen LogP contribution in [0.3, 0.4) is 0 Å². The molecule has 2 N–H and O–H groups in total. The van der Waals surface area contributed by atoms with Gasteiger partial charge in [0, 0.05) is 22.2 Å². The second-order valence-corrected chi connectivity index (χ2v) is 8.70. The van der Waals surface area contributed by atoms with Crippen LogP contribution in [0.1, 0.15) is 30.1 Å². The van der Waals surface area contributed by atoms with E-state index in [-0.39, 0.29) is 35.1 Å². The smallest absolute Gasteiger partial charge is 0.251 e. The molecule has 0 aliphatic rings. The van der Waals surface area contributed by atoms with Crippen molar-refractivity contribution in [3.63, 3.8) is 0 Å². The van der Waals surface area contributed by atoms with Gasteiger partial charge in [-0.15, -0.1) is 0 Å². The van der Waals surface area contributed by atoms with Crippen molar-refractivity contribution in [2.45, 2.75) is 31.3 Å². The Hall–Kier alpha value is -2.75. The summed E-state index contributed by atoms with van der Waals surface area (Å²) in [5.74, 6) is 0.140. The van der Waals surface area contributed by atoms with E-state index in [1.54, 1.807) is 24.3 Å². The molecule has 3 rings (SSSR count). The van der Waals surface area contributed by atoms with Gasteiger partial charge in [-0.3, -0.25) is 4.79 Å². The lowest BCUT2D eigenvalue weighted by molar-refractivity contribution is 0.0943. The Morgan fingerprint density at radius 3 is 2.59 bits per heavy atom. The summed E-state index contributed by atoms with van der Waals surface area (Å²) in [7, 11) is -3.75. The Morgan fingerprint density at radius 2 is 1.90 bits per heavy atom. The Kier molecular flexibility index (Phi) is 6.31. The fourth-order valence-corrected chi connectivity index (χ4v) is 3.54. The van der Waals surface area contributed by atoms with Gasteiger partial charge >= 0.3 is 0 Å². The van der Waals surface area contributed by atoms with Gasteiger partial charge in [0.2, 0.25) is 21.7 Å². The van der Waals surface area contributed by atoms with Gasteiger partial charge in [0.15, 0.2) is 0 Å². The normalized spacial score (nSPS) is 11.6. The number of rotatable bonds is 7. The zero-order valence-electron chi connectivity index (χ0n) is 15.7. The van der Waals surface area contributed by atoms with E-state index in [0.717, 1.165) is 0 Å². The quantitative estimate of drug-likeness (QED) is 0.590. The third kappa shape index (κ3) is 5.41. The molecule has 0 fully saturated rings. The molecule has 152 valence electrons. The summed E-state index contributed by atoms with van der Waals surface area (Å²) in [4.78, 5) is 16.4. The van der Waals surface area contributed by atoms with Crippen LogP contribution in [0, 0.1) is 0 Å². The van der Waals surface area contributed by atoms with Gasteiger partial charge in [-0.1, -0.05) is 28.9 Å². The minimum Gasteiger partial charge on any atom is -0.350 e. The van der Waals surface area contributed by atoms with Crippen molar-refractivity contribution in [3.8, 4) is 11.4 Å². The van der Waals surface area contributed by atoms with E-state index in [0.29, 0.717) is 16.1 Å². The van der Waals surface area contributed by atoms with Gasteiger partial charge < -0.3 is 9.84 Å². The standard InChI is InChI=1S/C19H19ClN4O4S/c1-12(2)22-19(25)14-5-3-4-13(10-14)18-23-17(28-24-18)11-21-29(26,27)16-8-6-15(20)7-9-16/h3-10,12,21H,11H2,1-2H3,(H,22,25). The lowest BCUT2D eigenvalue weighted by Crippen LogP contribution is -2.30. The molecule has 0 aliphatic heterocycles. The van der Waals surface area contributed by atoms with Gasteiger partial charge in [-0.2, -0.15) is 4.98 Å². The molecule has 0 saturated heterocycles. The Balaban J connectivity index is 1.71. The van der Waals surface area contributed by atoms with E-state index in [1.807, 2.05) is 13.8 Å². The lowest BCUT2D eigenvalue weighted by Gasteiger charge is -2.08. The highest BCUT2D eigenvalue weighted by Crippen LogP contribution is 2.18. The van der Waals surface area contributed by atoms with Crippen LogP contribution in [-0.2, 0) is 16.6 Å². The van der Waals surface area contributed by atoms with E-state index >= 15 is 0 Å². The molecule has 0 unspecified atom stereocenters. The molecule has 10 heteroatoms. The molecule has 29 heavy (non-hydrogen) atoms. The minimum absolute atomic E-state index is 0.0107. The van der Waals surface area contributed by atoms with E-state index < -0.39 is 10.0 Å².